The van der Waals surface area contributed by atoms with Gasteiger partial charge < -0.3 is 0 Å². The molecule has 1 atom stereocenters. The zero-order valence-electron chi connectivity index (χ0n) is 25.4. The van der Waals surface area contributed by atoms with Gasteiger partial charge in [0.25, 0.3) is 0 Å². The Morgan fingerprint density at radius 3 is 1.89 bits per heavy atom. The van der Waals surface area contributed by atoms with Gasteiger partial charge in [-0.2, -0.15) is 0 Å². The average Bonchev–Trinajstić information content (AvgIpc) is 3.41. The Morgan fingerprint density at radius 1 is 0.370 bits per heavy atom. The van der Waals surface area contributed by atoms with Crippen LogP contribution in [0.1, 0.15) is 33.4 Å². The predicted molar refractivity (Wildman–Crippen MR) is 192 cm³/mol. The molecular weight excluding hydrogens is 553 g/mol. The normalized spacial score (nSPS) is 15.8. The minimum Gasteiger partial charge on any atom is -0.0622 e. The minimum absolute atomic E-state index is 0.444. The first-order valence-corrected chi connectivity index (χ1v) is 16.2. The van der Waals surface area contributed by atoms with Gasteiger partial charge in [-0.05, 0) is 113 Å². The first-order valence-electron chi connectivity index (χ1n) is 16.2. The van der Waals surface area contributed by atoms with Crippen LogP contribution in [0.15, 0.2) is 170 Å². The van der Waals surface area contributed by atoms with E-state index in [9.17, 15) is 0 Å². The van der Waals surface area contributed by atoms with Gasteiger partial charge in [0.2, 0.25) is 0 Å². The Kier molecular flexibility index (Phi) is 5.36. The largest absolute Gasteiger partial charge is 0.0713 e. The van der Waals surface area contributed by atoms with Gasteiger partial charge in [-0.1, -0.05) is 152 Å². The van der Waals surface area contributed by atoms with Gasteiger partial charge in [-0.15, -0.1) is 0 Å². The fraction of sp³-hybridized carbons (Fsp3) is 0.0435. The molecule has 0 bridgehead atoms. The maximum Gasteiger partial charge on any atom is 0.0713 e. The third-order valence-electron chi connectivity index (χ3n) is 10.5. The maximum absolute atomic E-state index is 2.48. The molecule has 0 amide bonds. The van der Waals surface area contributed by atoms with Crippen molar-refractivity contribution in [3.8, 4) is 33.4 Å². The molecule has 0 heteroatoms. The van der Waals surface area contributed by atoms with Crippen LogP contribution in [0.3, 0.4) is 0 Å². The van der Waals surface area contributed by atoms with Crippen LogP contribution in [0, 0.1) is 0 Å². The van der Waals surface area contributed by atoms with Crippen LogP contribution < -0.4 is 0 Å². The zero-order chi connectivity index (χ0) is 30.2. The molecule has 10 rings (SSSR count). The van der Waals surface area contributed by atoms with E-state index in [4.69, 9.17) is 0 Å². The van der Waals surface area contributed by atoms with Crippen molar-refractivity contribution >= 4 is 21.5 Å². The van der Waals surface area contributed by atoms with Crippen molar-refractivity contribution in [1.29, 1.82) is 0 Å². The van der Waals surface area contributed by atoms with E-state index >= 15 is 0 Å². The summed E-state index contributed by atoms with van der Waals surface area (Å²) in [5, 5.41) is 5.28. The van der Waals surface area contributed by atoms with Crippen molar-refractivity contribution in [1.82, 2.24) is 0 Å². The maximum atomic E-state index is 2.48. The number of hydrogen-bond donors (Lipinski definition) is 0. The molecule has 2 aliphatic carbocycles. The van der Waals surface area contributed by atoms with Crippen LogP contribution in [0.25, 0.3) is 54.9 Å². The first kappa shape index (κ1) is 25.6. The summed E-state index contributed by atoms with van der Waals surface area (Å²) >= 11 is 0. The molecule has 1 unspecified atom stereocenters. The fourth-order valence-corrected chi connectivity index (χ4v) is 8.64. The summed E-state index contributed by atoms with van der Waals surface area (Å²) in [5.41, 5.74) is 15.6. The number of benzene rings is 8. The van der Waals surface area contributed by atoms with Crippen molar-refractivity contribution in [2.75, 3.05) is 0 Å². The van der Waals surface area contributed by atoms with Crippen molar-refractivity contribution in [3.05, 3.63) is 203 Å². The molecule has 214 valence electrons. The Morgan fingerprint density at radius 2 is 1.00 bits per heavy atom. The molecule has 0 N–H and O–H groups in total. The van der Waals surface area contributed by atoms with E-state index < -0.39 is 5.41 Å². The van der Waals surface area contributed by atoms with Crippen LogP contribution in [-0.2, 0) is 11.8 Å². The highest BCUT2D eigenvalue weighted by atomic mass is 14.5. The molecule has 0 aliphatic heterocycles. The first-order chi connectivity index (χ1) is 22.8. The van der Waals surface area contributed by atoms with Crippen molar-refractivity contribution < 1.29 is 0 Å². The van der Waals surface area contributed by atoms with E-state index in [0.29, 0.717) is 0 Å². The van der Waals surface area contributed by atoms with Gasteiger partial charge >= 0.3 is 0 Å². The van der Waals surface area contributed by atoms with Gasteiger partial charge in [0.05, 0.1) is 5.41 Å². The molecule has 0 heterocycles. The molecule has 2 aliphatic rings. The van der Waals surface area contributed by atoms with E-state index in [1.807, 2.05) is 0 Å². The van der Waals surface area contributed by atoms with Gasteiger partial charge in [0.15, 0.2) is 0 Å². The monoisotopic (exact) mass is 582 g/mol. The predicted octanol–water partition coefficient (Wildman–Crippen LogP) is 11.6. The standard InChI is InChI=1S/C46H30/c1-2-18-35(19-3-1)46(43-25-7-6-21-39(43)42-27-31-12-4-5-13-32(31)29-44(42)46)36-20-9-16-33(26-36)37-22-11-23-38-40-24-10-15-30-14-8-17-34(45(30)40)28-41(37)38/h1-27,29H,28H2. The summed E-state index contributed by atoms with van der Waals surface area (Å²) in [5.74, 6) is 0. The van der Waals surface area contributed by atoms with E-state index in [0.717, 1.165) is 6.42 Å². The molecule has 0 fully saturated rings. The molecule has 8 aromatic rings. The lowest BCUT2D eigenvalue weighted by atomic mass is 9.67. The highest BCUT2D eigenvalue weighted by Gasteiger charge is 2.46. The smallest absolute Gasteiger partial charge is 0.0622 e. The third-order valence-corrected chi connectivity index (χ3v) is 10.5. The lowest BCUT2D eigenvalue weighted by molar-refractivity contribution is 0.770. The molecule has 0 saturated carbocycles. The zero-order valence-corrected chi connectivity index (χ0v) is 25.4. The highest BCUT2D eigenvalue weighted by molar-refractivity contribution is 6.03. The van der Waals surface area contributed by atoms with Gasteiger partial charge in [-0.3, -0.25) is 0 Å². The van der Waals surface area contributed by atoms with Crippen LogP contribution in [0.5, 0.6) is 0 Å². The molecule has 0 nitrogen and oxygen atoms in total. The Balaban J connectivity index is 1.25. The SMILES string of the molecule is c1ccc(C2(c3cccc(-c4cccc5c4Cc4cccc6cccc-5c46)c3)c3ccccc3-c3cc4ccccc4cc32)cc1. The second kappa shape index (κ2) is 9.64. The fourth-order valence-electron chi connectivity index (χ4n) is 8.64. The summed E-state index contributed by atoms with van der Waals surface area (Å²) in [6, 6.07) is 63.6. The topological polar surface area (TPSA) is 0 Å². The van der Waals surface area contributed by atoms with Gasteiger partial charge in [0, 0.05) is 0 Å². The summed E-state index contributed by atoms with van der Waals surface area (Å²) < 4.78 is 0. The Hall–Kier alpha value is -5.72. The minimum atomic E-state index is -0.444. The van der Waals surface area contributed by atoms with Crippen molar-refractivity contribution in [2.45, 2.75) is 11.8 Å². The number of hydrogen-bond acceptors (Lipinski definition) is 0. The van der Waals surface area contributed by atoms with Gasteiger partial charge in [0.1, 0.15) is 0 Å². The average molecular weight is 583 g/mol. The molecule has 0 saturated heterocycles. The van der Waals surface area contributed by atoms with E-state index in [1.165, 1.54) is 88.3 Å². The Bertz CT molecular complexity index is 2490. The molecule has 0 aromatic heterocycles. The van der Waals surface area contributed by atoms with E-state index in [1.54, 1.807) is 0 Å². The molecule has 8 aromatic carbocycles. The van der Waals surface area contributed by atoms with E-state index in [2.05, 4.69) is 170 Å². The van der Waals surface area contributed by atoms with Crippen molar-refractivity contribution in [2.24, 2.45) is 0 Å². The van der Waals surface area contributed by atoms with Gasteiger partial charge in [-0.25, -0.2) is 0 Å². The van der Waals surface area contributed by atoms with Crippen molar-refractivity contribution in [3.63, 3.8) is 0 Å². The Labute approximate surface area is 269 Å². The third kappa shape index (κ3) is 3.44. The molecule has 0 spiro atoms. The molecular formula is C46H30. The molecule has 0 radical (unpaired) electrons. The highest BCUT2D eigenvalue weighted by Crippen LogP contribution is 2.57. The summed E-state index contributed by atoms with van der Waals surface area (Å²) in [7, 11) is 0. The summed E-state index contributed by atoms with van der Waals surface area (Å²) in [6.45, 7) is 0. The number of fused-ring (bicyclic) bond motifs is 6. The second-order valence-corrected chi connectivity index (χ2v) is 12.8. The quantitative estimate of drug-likeness (QED) is 0.194. The lowest BCUT2D eigenvalue weighted by Gasteiger charge is -2.34. The summed E-state index contributed by atoms with van der Waals surface area (Å²) in [6.07, 6.45) is 0.936. The lowest BCUT2D eigenvalue weighted by Crippen LogP contribution is -2.28. The molecule has 46 heavy (non-hydrogen) atoms. The van der Waals surface area contributed by atoms with Crippen LogP contribution in [-0.4, -0.2) is 0 Å². The van der Waals surface area contributed by atoms with Crippen LogP contribution in [0.2, 0.25) is 0 Å². The van der Waals surface area contributed by atoms with E-state index in [-0.39, 0.29) is 0 Å². The number of rotatable bonds is 3. The van der Waals surface area contributed by atoms with Crippen LogP contribution >= 0.6 is 0 Å². The second-order valence-electron chi connectivity index (χ2n) is 12.8. The van der Waals surface area contributed by atoms with Crippen LogP contribution in [0.4, 0.5) is 0 Å². The summed E-state index contributed by atoms with van der Waals surface area (Å²) in [4.78, 5) is 0.